The molecule has 1 saturated carbocycles. The molecule has 148 valence electrons. The number of methoxy groups -OCH3 is 1. The highest BCUT2D eigenvalue weighted by atomic mass is 16.5. The van der Waals surface area contributed by atoms with Crippen molar-refractivity contribution in [2.24, 2.45) is 11.3 Å². The SMILES string of the molecule is CCNC(=O)COc1ccc(/C=C2\CCC[C@H](C(C)(C)C)C2=O)cc1OC. The van der Waals surface area contributed by atoms with Crippen LogP contribution in [0.1, 0.15) is 52.5 Å². The van der Waals surface area contributed by atoms with Crippen LogP contribution in [0.3, 0.4) is 0 Å². The molecule has 1 amide bonds. The van der Waals surface area contributed by atoms with E-state index in [4.69, 9.17) is 9.47 Å². The zero-order chi connectivity index (χ0) is 20.0. The molecule has 1 aliphatic carbocycles. The van der Waals surface area contributed by atoms with Crippen LogP contribution in [0.2, 0.25) is 0 Å². The minimum atomic E-state index is -0.174. The van der Waals surface area contributed by atoms with Gasteiger partial charge in [0, 0.05) is 12.5 Å². The monoisotopic (exact) mass is 373 g/mol. The summed E-state index contributed by atoms with van der Waals surface area (Å²) in [6.45, 7) is 8.75. The summed E-state index contributed by atoms with van der Waals surface area (Å²) in [7, 11) is 1.56. The van der Waals surface area contributed by atoms with Crippen LogP contribution in [0.15, 0.2) is 23.8 Å². The Bertz CT molecular complexity index is 716. The third kappa shape index (κ3) is 5.59. The molecule has 0 radical (unpaired) electrons. The molecule has 1 fully saturated rings. The van der Waals surface area contributed by atoms with Gasteiger partial charge in [0.05, 0.1) is 7.11 Å². The van der Waals surface area contributed by atoms with Crippen LogP contribution in [0.5, 0.6) is 11.5 Å². The predicted octanol–water partition coefficient (Wildman–Crippen LogP) is 4.01. The van der Waals surface area contributed by atoms with Crippen molar-refractivity contribution in [1.82, 2.24) is 5.32 Å². The summed E-state index contributed by atoms with van der Waals surface area (Å²) >= 11 is 0. The van der Waals surface area contributed by atoms with Crippen molar-refractivity contribution in [3.63, 3.8) is 0 Å². The molecule has 1 aromatic carbocycles. The van der Waals surface area contributed by atoms with Gasteiger partial charge in [-0.25, -0.2) is 0 Å². The van der Waals surface area contributed by atoms with E-state index in [0.29, 0.717) is 18.0 Å². The van der Waals surface area contributed by atoms with Crippen molar-refractivity contribution in [3.8, 4) is 11.5 Å². The van der Waals surface area contributed by atoms with Gasteiger partial charge in [-0.05, 0) is 60.9 Å². The first-order valence-electron chi connectivity index (χ1n) is 9.58. The first-order valence-corrected chi connectivity index (χ1v) is 9.58. The van der Waals surface area contributed by atoms with Gasteiger partial charge in [0.2, 0.25) is 0 Å². The minimum Gasteiger partial charge on any atom is -0.493 e. The minimum absolute atomic E-state index is 0.0228. The van der Waals surface area contributed by atoms with E-state index < -0.39 is 0 Å². The fourth-order valence-electron chi connectivity index (χ4n) is 3.43. The highest BCUT2D eigenvalue weighted by molar-refractivity contribution is 6.02. The fraction of sp³-hybridized carbons (Fsp3) is 0.545. The molecule has 5 nitrogen and oxygen atoms in total. The molecule has 1 aliphatic rings. The summed E-state index contributed by atoms with van der Waals surface area (Å²) in [6, 6.07) is 5.50. The van der Waals surface area contributed by atoms with Crippen molar-refractivity contribution >= 4 is 17.8 Å². The lowest BCUT2D eigenvalue weighted by Gasteiger charge is -2.33. The summed E-state index contributed by atoms with van der Waals surface area (Å²) in [5, 5.41) is 2.69. The number of ketones is 1. The summed E-state index contributed by atoms with van der Waals surface area (Å²) in [5.41, 5.74) is 1.75. The lowest BCUT2D eigenvalue weighted by Crippen LogP contribution is -2.32. The second-order valence-electron chi connectivity index (χ2n) is 8.00. The fourth-order valence-corrected chi connectivity index (χ4v) is 3.43. The number of carbonyl (C=O) groups is 2. The Balaban J connectivity index is 2.18. The molecule has 27 heavy (non-hydrogen) atoms. The van der Waals surface area contributed by atoms with E-state index >= 15 is 0 Å². The van der Waals surface area contributed by atoms with Crippen LogP contribution in [0.25, 0.3) is 6.08 Å². The van der Waals surface area contributed by atoms with Crippen LogP contribution < -0.4 is 14.8 Å². The molecule has 0 aliphatic heterocycles. The summed E-state index contributed by atoms with van der Waals surface area (Å²) in [6.07, 6.45) is 4.75. The smallest absolute Gasteiger partial charge is 0.257 e. The average molecular weight is 373 g/mol. The number of hydrogen-bond donors (Lipinski definition) is 1. The normalized spacial score (nSPS) is 19.1. The van der Waals surface area contributed by atoms with Crippen LogP contribution in [-0.2, 0) is 9.59 Å². The second-order valence-corrected chi connectivity index (χ2v) is 8.00. The zero-order valence-electron chi connectivity index (χ0n) is 17.1. The number of benzene rings is 1. The van der Waals surface area contributed by atoms with Gasteiger partial charge >= 0.3 is 0 Å². The number of likely N-dealkylation sites (N-methyl/N-ethyl adjacent to an activating group) is 1. The Labute approximate surface area is 162 Å². The maximum absolute atomic E-state index is 12.9. The number of ether oxygens (including phenoxy) is 2. The standard InChI is InChI=1S/C22H31NO4/c1-6-23-20(24)14-27-18-11-10-15(13-19(18)26-5)12-16-8-7-9-17(21(16)25)22(2,3)4/h10-13,17H,6-9,14H2,1-5H3,(H,23,24)/b16-12+/t17-/m0/s1. The number of carbonyl (C=O) groups excluding carboxylic acids is 2. The Morgan fingerprint density at radius 1 is 1.30 bits per heavy atom. The molecule has 0 spiro atoms. The van der Waals surface area contributed by atoms with E-state index in [1.807, 2.05) is 25.1 Å². The first-order chi connectivity index (χ1) is 12.8. The maximum atomic E-state index is 12.9. The van der Waals surface area contributed by atoms with E-state index in [0.717, 1.165) is 30.4 Å². The summed E-state index contributed by atoms with van der Waals surface area (Å²) in [5.74, 6) is 1.20. The average Bonchev–Trinajstić information content (AvgIpc) is 2.61. The van der Waals surface area contributed by atoms with Crippen LogP contribution >= 0.6 is 0 Å². The molecule has 0 aromatic heterocycles. The first kappa shape index (κ1) is 21.0. The van der Waals surface area contributed by atoms with Gasteiger partial charge in [0.15, 0.2) is 23.9 Å². The number of Topliss-reactive ketones (excluding diaryl/α,β-unsaturated/α-hetero) is 1. The molecule has 0 saturated heterocycles. The Hall–Kier alpha value is -2.30. The molecular formula is C22H31NO4. The van der Waals surface area contributed by atoms with Gasteiger partial charge in [-0.1, -0.05) is 26.8 Å². The zero-order valence-corrected chi connectivity index (χ0v) is 17.1. The third-order valence-corrected chi connectivity index (χ3v) is 4.88. The van der Waals surface area contributed by atoms with E-state index in [9.17, 15) is 9.59 Å². The number of amides is 1. The van der Waals surface area contributed by atoms with Crippen molar-refractivity contribution < 1.29 is 19.1 Å². The van der Waals surface area contributed by atoms with Crippen molar-refractivity contribution in [3.05, 3.63) is 29.3 Å². The van der Waals surface area contributed by atoms with E-state index in [1.165, 1.54) is 0 Å². The molecule has 0 bridgehead atoms. The van der Waals surface area contributed by atoms with Gasteiger partial charge in [0.25, 0.3) is 5.91 Å². The molecular weight excluding hydrogens is 342 g/mol. The Morgan fingerprint density at radius 2 is 2.04 bits per heavy atom. The van der Waals surface area contributed by atoms with E-state index in [-0.39, 0.29) is 29.6 Å². The molecule has 1 N–H and O–H groups in total. The topological polar surface area (TPSA) is 64.6 Å². The van der Waals surface area contributed by atoms with Crippen molar-refractivity contribution in [2.75, 3.05) is 20.3 Å². The van der Waals surface area contributed by atoms with Gasteiger partial charge in [-0.2, -0.15) is 0 Å². The molecule has 5 heteroatoms. The quantitative estimate of drug-likeness (QED) is 0.765. The van der Waals surface area contributed by atoms with Crippen molar-refractivity contribution in [1.29, 1.82) is 0 Å². The molecule has 1 atom stereocenters. The number of rotatable bonds is 6. The highest BCUT2D eigenvalue weighted by Gasteiger charge is 2.35. The number of hydrogen-bond acceptors (Lipinski definition) is 4. The molecule has 0 heterocycles. The molecule has 1 aromatic rings. The van der Waals surface area contributed by atoms with Gasteiger partial charge in [-0.15, -0.1) is 0 Å². The number of nitrogens with one attached hydrogen (secondary N) is 1. The maximum Gasteiger partial charge on any atom is 0.257 e. The summed E-state index contributed by atoms with van der Waals surface area (Å²) in [4.78, 5) is 24.4. The van der Waals surface area contributed by atoms with Gasteiger partial charge in [0.1, 0.15) is 0 Å². The van der Waals surface area contributed by atoms with E-state index in [1.54, 1.807) is 13.2 Å². The van der Waals surface area contributed by atoms with Crippen LogP contribution in [-0.4, -0.2) is 32.0 Å². The largest absolute Gasteiger partial charge is 0.493 e. The molecule has 0 unspecified atom stereocenters. The van der Waals surface area contributed by atoms with E-state index in [2.05, 4.69) is 26.1 Å². The number of allylic oxidation sites excluding steroid dienone is 1. The lowest BCUT2D eigenvalue weighted by atomic mass is 9.70. The van der Waals surface area contributed by atoms with Gasteiger partial charge < -0.3 is 14.8 Å². The predicted molar refractivity (Wildman–Crippen MR) is 107 cm³/mol. The van der Waals surface area contributed by atoms with Crippen LogP contribution in [0.4, 0.5) is 0 Å². The van der Waals surface area contributed by atoms with Crippen LogP contribution in [0, 0.1) is 11.3 Å². The summed E-state index contributed by atoms with van der Waals surface area (Å²) < 4.78 is 10.9. The molecule has 2 rings (SSSR count). The lowest BCUT2D eigenvalue weighted by molar-refractivity contribution is -0.124. The van der Waals surface area contributed by atoms with Gasteiger partial charge in [-0.3, -0.25) is 9.59 Å². The highest BCUT2D eigenvalue weighted by Crippen LogP contribution is 2.38. The Morgan fingerprint density at radius 3 is 2.67 bits per heavy atom. The Kier molecular flexibility index (Phi) is 7.05. The second kappa shape index (κ2) is 9.07. The van der Waals surface area contributed by atoms with Crippen molar-refractivity contribution in [2.45, 2.75) is 47.0 Å². The third-order valence-electron chi connectivity index (χ3n) is 4.88.